The van der Waals surface area contributed by atoms with Crippen molar-refractivity contribution in [3.63, 3.8) is 0 Å². The first kappa shape index (κ1) is 22.7. The zero-order valence-corrected chi connectivity index (χ0v) is 20.6. The number of aromatic nitrogens is 5. The fourth-order valence-electron chi connectivity index (χ4n) is 5.05. The maximum Gasteiger partial charge on any atom is 0.410 e. The summed E-state index contributed by atoms with van der Waals surface area (Å²) in [5, 5.41) is 12.8. The van der Waals surface area contributed by atoms with Crippen LogP contribution in [0.5, 0.6) is 0 Å². The lowest BCUT2D eigenvalue weighted by atomic mass is 9.94. The van der Waals surface area contributed by atoms with Gasteiger partial charge in [0.15, 0.2) is 5.65 Å². The average molecular weight is 466 g/mol. The van der Waals surface area contributed by atoms with E-state index in [4.69, 9.17) is 9.72 Å². The van der Waals surface area contributed by atoms with Crippen molar-refractivity contribution in [1.29, 1.82) is 0 Å². The Labute approximate surface area is 200 Å². The monoisotopic (exact) mass is 465 g/mol. The summed E-state index contributed by atoms with van der Waals surface area (Å²) in [4.78, 5) is 19.7. The molecular weight excluding hydrogens is 430 g/mol. The molecule has 1 atom stereocenters. The van der Waals surface area contributed by atoms with Crippen LogP contribution in [0.4, 0.5) is 10.6 Å². The van der Waals surface area contributed by atoms with E-state index >= 15 is 0 Å². The molecule has 1 saturated carbocycles. The molecule has 4 heterocycles. The van der Waals surface area contributed by atoms with Crippen LogP contribution in [0.15, 0.2) is 24.7 Å². The van der Waals surface area contributed by atoms with Crippen molar-refractivity contribution >= 4 is 17.6 Å². The van der Waals surface area contributed by atoms with E-state index in [1.807, 2.05) is 55.8 Å². The van der Waals surface area contributed by atoms with Crippen LogP contribution in [0.3, 0.4) is 0 Å². The van der Waals surface area contributed by atoms with Gasteiger partial charge in [0, 0.05) is 55.5 Å². The van der Waals surface area contributed by atoms with E-state index in [0.717, 1.165) is 41.1 Å². The second-order valence-corrected chi connectivity index (χ2v) is 10.7. The third-order valence-electron chi connectivity index (χ3n) is 6.71. The van der Waals surface area contributed by atoms with Crippen LogP contribution in [-0.4, -0.2) is 60.1 Å². The van der Waals surface area contributed by atoms with Crippen LogP contribution in [0.1, 0.15) is 70.9 Å². The van der Waals surface area contributed by atoms with Crippen molar-refractivity contribution in [2.45, 2.75) is 76.9 Å². The van der Waals surface area contributed by atoms with Gasteiger partial charge in [-0.3, -0.25) is 4.68 Å². The summed E-state index contributed by atoms with van der Waals surface area (Å²) < 4.78 is 9.35. The third-order valence-corrected chi connectivity index (χ3v) is 6.71. The zero-order valence-electron chi connectivity index (χ0n) is 20.6. The topological polar surface area (TPSA) is 89.6 Å². The number of anilines is 1. The largest absolute Gasteiger partial charge is 0.444 e. The number of rotatable bonds is 4. The van der Waals surface area contributed by atoms with Crippen molar-refractivity contribution < 1.29 is 9.53 Å². The third kappa shape index (κ3) is 4.74. The number of carbonyl (C=O) groups is 1. The van der Waals surface area contributed by atoms with Crippen LogP contribution >= 0.6 is 0 Å². The Bertz CT molecular complexity index is 1170. The van der Waals surface area contributed by atoms with Gasteiger partial charge in [0.2, 0.25) is 0 Å². The van der Waals surface area contributed by atoms with Gasteiger partial charge in [0.25, 0.3) is 0 Å². The van der Waals surface area contributed by atoms with Crippen molar-refractivity contribution in [3.8, 4) is 11.1 Å². The lowest BCUT2D eigenvalue weighted by Gasteiger charge is -2.34. The first-order valence-electron chi connectivity index (χ1n) is 12.4. The Hall–Kier alpha value is -3.10. The highest BCUT2D eigenvalue weighted by atomic mass is 16.6. The second kappa shape index (κ2) is 8.92. The van der Waals surface area contributed by atoms with Crippen molar-refractivity contribution in [2.75, 3.05) is 18.4 Å². The van der Waals surface area contributed by atoms with E-state index < -0.39 is 5.60 Å². The molecule has 9 nitrogen and oxygen atoms in total. The molecule has 1 N–H and O–H groups in total. The summed E-state index contributed by atoms with van der Waals surface area (Å²) in [7, 11) is 1.91. The molecule has 2 aliphatic rings. The summed E-state index contributed by atoms with van der Waals surface area (Å²) in [5.74, 6) is 1.11. The van der Waals surface area contributed by atoms with Gasteiger partial charge in [-0.15, -0.1) is 0 Å². The van der Waals surface area contributed by atoms with Crippen LogP contribution in [0.25, 0.3) is 16.8 Å². The SMILES string of the molecule is Cn1cc(-c2cnn3c(NC4CCCC4)cc(C4CCCN(C(=O)OC(C)(C)C)C4)nc23)cn1. The Balaban J connectivity index is 1.50. The van der Waals surface area contributed by atoms with E-state index in [1.165, 1.54) is 25.7 Å². The number of nitrogens with zero attached hydrogens (tertiary/aromatic N) is 6. The Kier molecular flexibility index (Phi) is 5.95. The van der Waals surface area contributed by atoms with E-state index in [2.05, 4.69) is 21.6 Å². The quantitative estimate of drug-likeness (QED) is 0.606. The normalized spacial score (nSPS) is 19.6. The number of carbonyl (C=O) groups excluding carboxylic acids is 1. The van der Waals surface area contributed by atoms with Crippen molar-refractivity contribution in [3.05, 3.63) is 30.4 Å². The fraction of sp³-hybridized carbons (Fsp3) is 0.600. The summed E-state index contributed by atoms with van der Waals surface area (Å²) in [6.45, 7) is 7.04. The standard InChI is InChI=1S/C25H35N7O2/c1-25(2,3)34-24(33)31-11-7-8-17(16-31)21-12-22(28-19-9-5-6-10-19)32-23(29-21)20(14-27-32)18-13-26-30(4)15-18/h12-15,17,19,28H,5-11,16H2,1-4H3. The maximum atomic E-state index is 12.7. The number of piperidine rings is 1. The lowest BCUT2D eigenvalue weighted by Crippen LogP contribution is -2.42. The lowest BCUT2D eigenvalue weighted by molar-refractivity contribution is 0.0197. The average Bonchev–Trinajstić information content (AvgIpc) is 3.53. The van der Waals surface area contributed by atoms with Gasteiger partial charge >= 0.3 is 6.09 Å². The van der Waals surface area contributed by atoms with Crippen molar-refractivity contribution in [2.24, 2.45) is 7.05 Å². The van der Waals surface area contributed by atoms with Gasteiger partial charge in [-0.2, -0.15) is 14.7 Å². The minimum absolute atomic E-state index is 0.145. The minimum atomic E-state index is -0.504. The molecule has 0 radical (unpaired) electrons. The number of nitrogens with one attached hydrogen (secondary N) is 1. The molecule has 1 aliphatic heterocycles. The highest BCUT2D eigenvalue weighted by Crippen LogP contribution is 2.32. The van der Waals surface area contributed by atoms with E-state index in [0.29, 0.717) is 19.1 Å². The molecule has 34 heavy (non-hydrogen) atoms. The van der Waals surface area contributed by atoms with E-state index in [-0.39, 0.29) is 12.0 Å². The van der Waals surface area contributed by atoms with E-state index in [9.17, 15) is 4.79 Å². The molecule has 0 bridgehead atoms. The van der Waals surface area contributed by atoms with E-state index in [1.54, 1.807) is 4.68 Å². The van der Waals surface area contributed by atoms with Crippen LogP contribution in [0, 0.1) is 0 Å². The summed E-state index contributed by atoms with van der Waals surface area (Å²) in [6.07, 6.45) is 12.2. The van der Waals surface area contributed by atoms with Gasteiger partial charge in [0.05, 0.1) is 18.1 Å². The number of likely N-dealkylation sites (tertiary alicyclic amines) is 1. The van der Waals surface area contributed by atoms with Gasteiger partial charge in [-0.25, -0.2) is 9.78 Å². The second-order valence-electron chi connectivity index (χ2n) is 10.7. The zero-order chi connectivity index (χ0) is 23.9. The Morgan fingerprint density at radius 2 is 1.91 bits per heavy atom. The van der Waals surface area contributed by atoms with Crippen LogP contribution in [-0.2, 0) is 11.8 Å². The molecular formula is C25H35N7O2. The first-order chi connectivity index (χ1) is 16.3. The first-order valence-corrected chi connectivity index (χ1v) is 12.4. The van der Waals surface area contributed by atoms with Gasteiger partial charge in [0.1, 0.15) is 11.4 Å². The number of fused-ring (bicyclic) bond motifs is 1. The predicted molar refractivity (Wildman–Crippen MR) is 131 cm³/mol. The molecule has 0 aromatic carbocycles. The molecule has 5 rings (SSSR count). The highest BCUT2D eigenvalue weighted by molar-refractivity contribution is 5.77. The summed E-state index contributed by atoms with van der Waals surface area (Å²) in [5.41, 5.74) is 3.26. The molecule has 1 amide bonds. The number of hydrogen-bond acceptors (Lipinski definition) is 6. The molecule has 1 saturated heterocycles. The van der Waals surface area contributed by atoms with Crippen LogP contribution < -0.4 is 5.32 Å². The molecule has 1 aliphatic carbocycles. The smallest absolute Gasteiger partial charge is 0.410 e. The molecule has 0 spiro atoms. The Morgan fingerprint density at radius 3 is 2.62 bits per heavy atom. The highest BCUT2D eigenvalue weighted by Gasteiger charge is 2.30. The fourth-order valence-corrected chi connectivity index (χ4v) is 5.05. The van der Waals surface area contributed by atoms with Gasteiger partial charge in [-0.05, 0) is 46.5 Å². The number of aryl methyl sites for hydroxylation is 1. The van der Waals surface area contributed by atoms with Crippen molar-refractivity contribution in [1.82, 2.24) is 29.3 Å². The molecule has 3 aromatic rings. The summed E-state index contributed by atoms with van der Waals surface area (Å²) in [6, 6.07) is 2.59. The molecule has 9 heteroatoms. The van der Waals surface area contributed by atoms with Gasteiger partial charge in [-0.1, -0.05) is 12.8 Å². The minimum Gasteiger partial charge on any atom is -0.444 e. The molecule has 1 unspecified atom stereocenters. The number of ether oxygens (including phenoxy) is 1. The molecule has 3 aromatic heterocycles. The molecule has 182 valence electrons. The number of amides is 1. The number of hydrogen-bond donors (Lipinski definition) is 1. The Morgan fingerprint density at radius 1 is 1.12 bits per heavy atom. The van der Waals surface area contributed by atoms with Gasteiger partial charge < -0.3 is 15.0 Å². The predicted octanol–water partition coefficient (Wildman–Crippen LogP) is 4.60. The maximum absolute atomic E-state index is 12.7. The molecule has 2 fully saturated rings. The summed E-state index contributed by atoms with van der Waals surface area (Å²) >= 11 is 0. The van der Waals surface area contributed by atoms with Crippen LogP contribution in [0.2, 0.25) is 0 Å².